The zero-order valence-corrected chi connectivity index (χ0v) is 13.1. The van der Waals surface area contributed by atoms with Crippen molar-refractivity contribution in [2.75, 3.05) is 6.54 Å². The molecule has 0 fully saturated rings. The average Bonchev–Trinajstić information content (AvgIpc) is 2.41. The molecule has 0 aliphatic heterocycles. The first kappa shape index (κ1) is 18.2. The number of hydrogen-bond donors (Lipinski definition) is 1. The molecule has 0 saturated carbocycles. The van der Waals surface area contributed by atoms with Gasteiger partial charge in [-0.2, -0.15) is 0 Å². The van der Waals surface area contributed by atoms with Gasteiger partial charge in [0.05, 0.1) is 0 Å². The third kappa shape index (κ3) is 12.0. The molecular weight excluding hydrogens is 234 g/mol. The number of unbranched alkanes of at least 4 members (excludes halogenated alkanes) is 8. The molecule has 112 valence electrons. The molecule has 2 heteroatoms. The molecule has 0 aliphatic carbocycles. The monoisotopic (exact) mass is 267 g/mol. The van der Waals surface area contributed by atoms with E-state index in [1.54, 1.807) is 0 Å². The van der Waals surface area contributed by atoms with Crippen LogP contribution in [0.4, 0.5) is 0 Å². The molecule has 0 aromatic carbocycles. The number of rotatable bonds is 13. The van der Waals surface area contributed by atoms with Gasteiger partial charge in [0.15, 0.2) is 0 Å². The van der Waals surface area contributed by atoms with Gasteiger partial charge in [-0.15, -0.1) is 0 Å². The maximum atomic E-state index is 11.6. The second kappa shape index (κ2) is 13.6. The molecule has 1 amide bonds. The van der Waals surface area contributed by atoms with Crippen LogP contribution in [0.2, 0.25) is 0 Å². The molecule has 0 radical (unpaired) electrons. The summed E-state index contributed by atoms with van der Waals surface area (Å²) >= 11 is 0. The normalized spacial score (nSPS) is 10.4. The summed E-state index contributed by atoms with van der Waals surface area (Å²) in [4.78, 5) is 11.6. The minimum atomic E-state index is 0.0522. The van der Waals surface area contributed by atoms with Gasteiger partial charge >= 0.3 is 0 Å². The first-order valence-electron chi connectivity index (χ1n) is 8.18. The zero-order valence-electron chi connectivity index (χ0n) is 13.1. The quantitative estimate of drug-likeness (QED) is 0.369. The molecule has 0 saturated heterocycles. The lowest BCUT2D eigenvalue weighted by atomic mass is 10.0. The van der Waals surface area contributed by atoms with E-state index in [0.717, 1.165) is 37.8 Å². The summed E-state index contributed by atoms with van der Waals surface area (Å²) in [5.41, 5.74) is 0.752. The Labute approximate surface area is 120 Å². The Morgan fingerprint density at radius 1 is 0.842 bits per heavy atom. The second-order valence-electron chi connectivity index (χ2n) is 5.44. The van der Waals surface area contributed by atoms with Crippen molar-refractivity contribution in [1.82, 2.24) is 5.32 Å². The summed E-state index contributed by atoms with van der Waals surface area (Å²) < 4.78 is 0. The molecule has 0 bridgehead atoms. The lowest BCUT2D eigenvalue weighted by Crippen LogP contribution is -2.25. The van der Waals surface area contributed by atoms with Gasteiger partial charge in [0.25, 0.3) is 0 Å². The highest BCUT2D eigenvalue weighted by atomic mass is 16.1. The largest absolute Gasteiger partial charge is 0.352 e. The first-order chi connectivity index (χ1) is 9.22. The standard InChI is InChI=1S/C17H33NO/c1-4-6-8-9-10-11-12-13-14-16(3)17(19)18-15-7-5-2/h3-15H2,1-2H3,(H,18,19). The predicted octanol–water partition coefficient (Wildman–Crippen LogP) is 4.99. The Hall–Kier alpha value is -0.790. The molecule has 1 N–H and O–H groups in total. The molecule has 0 unspecified atom stereocenters. The van der Waals surface area contributed by atoms with E-state index in [-0.39, 0.29) is 5.91 Å². The minimum Gasteiger partial charge on any atom is -0.352 e. The van der Waals surface area contributed by atoms with Crippen molar-refractivity contribution in [3.63, 3.8) is 0 Å². The summed E-state index contributed by atoms with van der Waals surface area (Å²) in [6.07, 6.45) is 13.4. The van der Waals surface area contributed by atoms with Crippen LogP contribution >= 0.6 is 0 Å². The van der Waals surface area contributed by atoms with E-state index in [2.05, 4.69) is 25.7 Å². The zero-order chi connectivity index (χ0) is 14.3. The van der Waals surface area contributed by atoms with Crippen molar-refractivity contribution in [3.05, 3.63) is 12.2 Å². The van der Waals surface area contributed by atoms with Crippen LogP contribution in [-0.4, -0.2) is 12.5 Å². The smallest absolute Gasteiger partial charge is 0.246 e. The number of carbonyl (C=O) groups is 1. The van der Waals surface area contributed by atoms with Crippen LogP contribution in [0.15, 0.2) is 12.2 Å². The van der Waals surface area contributed by atoms with Gasteiger partial charge in [-0.25, -0.2) is 0 Å². The van der Waals surface area contributed by atoms with Gasteiger partial charge in [-0.3, -0.25) is 4.79 Å². The summed E-state index contributed by atoms with van der Waals surface area (Å²) in [6, 6.07) is 0. The average molecular weight is 267 g/mol. The summed E-state index contributed by atoms with van der Waals surface area (Å²) in [5.74, 6) is 0.0522. The third-order valence-electron chi connectivity index (χ3n) is 3.47. The number of amides is 1. The van der Waals surface area contributed by atoms with Crippen molar-refractivity contribution < 1.29 is 4.79 Å². The van der Waals surface area contributed by atoms with Gasteiger partial charge in [-0.1, -0.05) is 71.8 Å². The Morgan fingerprint density at radius 2 is 1.37 bits per heavy atom. The van der Waals surface area contributed by atoms with Crippen LogP contribution in [0.1, 0.15) is 84.5 Å². The van der Waals surface area contributed by atoms with Crippen molar-refractivity contribution in [2.45, 2.75) is 84.5 Å². The van der Waals surface area contributed by atoms with E-state index < -0.39 is 0 Å². The van der Waals surface area contributed by atoms with Crippen LogP contribution in [-0.2, 0) is 4.79 Å². The van der Waals surface area contributed by atoms with E-state index in [1.165, 1.54) is 44.9 Å². The van der Waals surface area contributed by atoms with E-state index >= 15 is 0 Å². The lowest BCUT2D eigenvalue weighted by molar-refractivity contribution is -0.117. The maximum Gasteiger partial charge on any atom is 0.246 e. The van der Waals surface area contributed by atoms with E-state index in [1.807, 2.05) is 0 Å². The van der Waals surface area contributed by atoms with Crippen molar-refractivity contribution in [2.24, 2.45) is 0 Å². The molecule has 0 atom stereocenters. The first-order valence-corrected chi connectivity index (χ1v) is 8.18. The lowest BCUT2D eigenvalue weighted by Gasteiger charge is -2.07. The minimum absolute atomic E-state index is 0.0522. The highest BCUT2D eigenvalue weighted by molar-refractivity contribution is 5.92. The maximum absolute atomic E-state index is 11.6. The fraction of sp³-hybridized carbons (Fsp3) is 0.824. The van der Waals surface area contributed by atoms with Crippen molar-refractivity contribution in [3.8, 4) is 0 Å². The predicted molar refractivity (Wildman–Crippen MR) is 84.3 cm³/mol. The van der Waals surface area contributed by atoms with Gasteiger partial charge < -0.3 is 5.32 Å². The topological polar surface area (TPSA) is 29.1 Å². The van der Waals surface area contributed by atoms with Gasteiger partial charge in [-0.05, 0) is 19.3 Å². The number of nitrogens with one attached hydrogen (secondary N) is 1. The van der Waals surface area contributed by atoms with Gasteiger partial charge in [0.2, 0.25) is 5.91 Å². The van der Waals surface area contributed by atoms with E-state index in [0.29, 0.717) is 0 Å². The fourth-order valence-electron chi connectivity index (χ4n) is 2.09. The van der Waals surface area contributed by atoms with Crippen LogP contribution in [0.25, 0.3) is 0 Å². The highest BCUT2D eigenvalue weighted by Gasteiger charge is 2.05. The molecule has 0 heterocycles. The fourth-order valence-corrected chi connectivity index (χ4v) is 2.09. The Kier molecular flexibility index (Phi) is 13.1. The van der Waals surface area contributed by atoms with Gasteiger partial charge in [0, 0.05) is 12.1 Å². The van der Waals surface area contributed by atoms with Crippen molar-refractivity contribution >= 4 is 5.91 Å². The molecule has 19 heavy (non-hydrogen) atoms. The number of hydrogen-bond acceptors (Lipinski definition) is 1. The Balaban J connectivity index is 3.35. The summed E-state index contributed by atoms with van der Waals surface area (Å²) in [5, 5.41) is 2.92. The third-order valence-corrected chi connectivity index (χ3v) is 3.47. The Morgan fingerprint density at radius 3 is 1.95 bits per heavy atom. The summed E-state index contributed by atoms with van der Waals surface area (Å²) in [7, 11) is 0. The highest BCUT2D eigenvalue weighted by Crippen LogP contribution is 2.12. The molecular formula is C17H33NO. The van der Waals surface area contributed by atoms with Crippen LogP contribution in [0.5, 0.6) is 0 Å². The molecule has 0 spiro atoms. The molecule has 0 aromatic rings. The van der Waals surface area contributed by atoms with Crippen LogP contribution < -0.4 is 5.32 Å². The van der Waals surface area contributed by atoms with Crippen molar-refractivity contribution in [1.29, 1.82) is 0 Å². The number of carbonyl (C=O) groups excluding carboxylic acids is 1. The van der Waals surface area contributed by atoms with Crippen LogP contribution in [0.3, 0.4) is 0 Å². The second-order valence-corrected chi connectivity index (χ2v) is 5.44. The van der Waals surface area contributed by atoms with E-state index in [4.69, 9.17) is 0 Å². The van der Waals surface area contributed by atoms with E-state index in [9.17, 15) is 4.79 Å². The summed E-state index contributed by atoms with van der Waals surface area (Å²) in [6.45, 7) is 9.04. The Bertz CT molecular complexity index is 235. The molecule has 0 aromatic heterocycles. The van der Waals surface area contributed by atoms with Gasteiger partial charge in [0.1, 0.15) is 0 Å². The SMILES string of the molecule is C=C(CCCCCCCCCC)C(=O)NCCCC. The molecule has 0 rings (SSSR count). The molecule has 2 nitrogen and oxygen atoms in total. The molecule has 0 aliphatic rings. The van der Waals surface area contributed by atoms with Crippen LogP contribution in [0, 0.1) is 0 Å².